The normalized spacial score (nSPS) is 47.1. The van der Waals surface area contributed by atoms with Gasteiger partial charge in [0.1, 0.15) is 0 Å². The van der Waals surface area contributed by atoms with Gasteiger partial charge in [0.25, 0.3) is 0 Å². The van der Waals surface area contributed by atoms with E-state index in [0.29, 0.717) is 5.41 Å². The largest absolute Gasteiger partial charge is 0.325 e. The summed E-state index contributed by atoms with van der Waals surface area (Å²) in [4.78, 5) is 0. The second-order valence-corrected chi connectivity index (χ2v) is 5.35. The highest BCUT2D eigenvalue weighted by molar-refractivity contribution is 5.15. The van der Waals surface area contributed by atoms with E-state index in [9.17, 15) is 0 Å². The fourth-order valence-corrected chi connectivity index (χ4v) is 4.46. The summed E-state index contributed by atoms with van der Waals surface area (Å²) in [6.45, 7) is 6.97. The van der Waals surface area contributed by atoms with Gasteiger partial charge in [-0.15, -0.1) is 0 Å². The average molecular weight is 181 g/mol. The number of hydrogen-bond acceptors (Lipinski definition) is 1. The first kappa shape index (κ1) is 9.51. The Balaban J connectivity index is 2.36. The van der Waals surface area contributed by atoms with E-state index in [1.807, 2.05) is 0 Å². The number of hydrogen-bond donors (Lipinski definition) is 1. The Kier molecular flexibility index (Phi) is 1.99. The molecule has 0 aromatic heterocycles. The molecule has 1 heteroatoms. The van der Waals surface area contributed by atoms with Crippen molar-refractivity contribution in [2.45, 2.75) is 58.4 Å². The Morgan fingerprint density at radius 1 is 1.15 bits per heavy atom. The minimum atomic E-state index is 0.124. The molecule has 2 bridgehead atoms. The predicted octanol–water partition coefficient (Wildman–Crippen LogP) is 2.94. The van der Waals surface area contributed by atoms with Gasteiger partial charge < -0.3 is 5.73 Å². The molecule has 76 valence electrons. The van der Waals surface area contributed by atoms with Gasteiger partial charge in [0.05, 0.1) is 0 Å². The van der Waals surface area contributed by atoms with E-state index < -0.39 is 0 Å². The van der Waals surface area contributed by atoms with Crippen LogP contribution in [0.3, 0.4) is 0 Å². The fraction of sp³-hybridized carbons (Fsp3) is 1.00. The van der Waals surface area contributed by atoms with Crippen LogP contribution in [0.25, 0.3) is 0 Å². The maximum atomic E-state index is 6.56. The molecule has 0 heterocycles. The summed E-state index contributed by atoms with van der Waals surface area (Å²) in [5.74, 6) is 1.75. The molecule has 1 unspecified atom stereocenters. The van der Waals surface area contributed by atoms with Crippen LogP contribution < -0.4 is 5.73 Å². The molecule has 0 amide bonds. The van der Waals surface area contributed by atoms with Crippen LogP contribution in [0, 0.1) is 17.3 Å². The first-order chi connectivity index (χ1) is 6.08. The third-order valence-electron chi connectivity index (χ3n) is 5.40. The molecular weight excluding hydrogens is 158 g/mol. The quantitative estimate of drug-likeness (QED) is 0.696. The Hall–Kier alpha value is -0.0400. The molecular formula is C12H23N. The lowest BCUT2D eigenvalue weighted by Gasteiger charge is -2.49. The van der Waals surface area contributed by atoms with Crippen molar-refractivity contribution in [1.29, 1.82) is 0 Å². The third-order valence-corrected chi connectivity index (χ3v) is 5.40. The second kappa shape index (κ2) is 2.73. The van der Waals surface area contributed by atoms with Gasteiger partial charge >= 0.3 is 0 Å². The van der Waals surface area contributed by atoms with Crippen molar-refractivity contribution in [3.63, 3.8) is 0 Å². The first-order valence-electron chi connectivity index (χ1n) is 5.87. The molecule has 3 atom stereocenters. The van der Waals surface area contributed by atoms with Gasteiger partial charge in [-0.2, -0.15) is 0 Å². The van der Waals surface area contributed by atoms with E-state index in [1.54, 1.807) is 0 Å². The van der Waals surface area contributed by atoms with Gasteiger partial charge in [0.2, 0.25) is 0 Å². The third kappa shape index (κ3) is 0.918. The number of fused-ring (bicyclic) bond motifs is 2. The lowest BCUT2D eigenvalue weighted by Crippen LogP contribution is -2.56. The van der Waals surface area contributed by atoms with Crippen molar-refractivity contribution in [2.75, 3.05) is 0 Å². The summed E-state index contributed by atoms with van der Waals surface area (Å²) in [6, 6.07) is 0. The SMILES string of the molecule is CCC1(CC)[C@H]2CCC(C2)[C@@]1(C)N. The predicted molar refractivity (Wildman–Crippen MR) is 56.4 cm³/mol. The van der Waals surface area contributed by atoms with Gasteiger partial charge in [0, 0.05) is 5.54 Å². The van der Waals surface area contributed by atoms with E-state index in [0.717, 1.165) is 11.8 Å². The average Bonchev–Trinajstić information content (AvgIpc) is 2.62. The van der Waals surface area contributed by atoms with Crippen LogP contribution in [-0.2, 0) is 0 Å². The van der Waals surface area contributed by atoms with Crippen LogP contribution in [0.5, 0.6) is 0 Å². The Morgan fingerprint density at radius 3 is 2.00 bits per heavy atom. The van der Waals surface area contributed by atoms with Crippen LogP contribution in [0.15, 0.2) is 0 Å². The van der Waals surface area contributed by atoms with Crippen molar-refractivity contribution in [3.8, 4) is 0 Å². The highest BCUT2D eigenvalue weighted by Gasteiger charge is 2.61. The smallest absolute Gasteiger partial charge is 0.0213 e. The molecule has 2 aliphatic rings. The van der Waals surface area contributed by atoms with E-state index >= 15 is 0 Å². The summed E-state index contributed by atoms with van der Waals surface area (Å²) < 4.78 is 0. The van der Waals surface area contributed by atoms with Crippen LogP contribution in [0.1, 0.15) is 52.9 Å². The molecule has 0 aliphatic heterocycles. The molecule has 2 aliphatic carbocycles. The zero-order valence-corrected chi connectivity index (χ0v) is 9.27. The minimum absolute atomic E-state index is 0.124. The van der Waals surface area contributed by atoms with Crippen LogP contribution in [-0.4, -0.2) is 5.54 Å². The van der Waals surface area contributed by atoms with Gasteiger partial charge in [0.15, 0.2) is 0 Å². The molecule has 2 rings (SSSR count). The lowest BCUT2D eigenvalue weighted by atomic mass is 9.59. The molecule has 2 N–H and O–H groups in total. The van der Waals surface area contributed by atoms with E-state index in [4.69, 9.17) is 5.73 Å². The molecule has 0 aromatic rings. The standard InChI is InChI=1S/C12H23N/c1-4-12(5-2)10-7-6-9(8-10)11(12,3)13/h9-10H,4-8,13H2,1-3H3/t9?,10-,11+/m0/s1. The second-order valence-electron chi connectivity index (χ2n) is 5.35. The van der Waals surface area contributed by atoms with Crippen LogP contribution in [0.4, 0.5) is 0 Å². The van der Waals surface area contributed by atoms with Crippen LogP contribution in [0.2, 0.25) is 0 Å². The summed E-state index contributed by atoms with van der Waals surface area (Å²) in [7, 11) is 0. The van der Waals surface area contributed by atoms with E-state index in [1.165, 1.54) is 32.1 Å². The molecule has 2 fully saturated rings. The molecule has 1 nitrogen and oxygen atoms in total. The fourth-order valence-electron chi connectivity index (χ4n) is 4.46. The molecule has 0 saturated heterocycles. The van der Waals surface area contributed by atoms with Crippen molar-refractivity contribution in [1.82, 2.24) is 0 Å². The molecule has 0 radical (unpaired) electrons. The van der Waals surface area contributed by atoms with Gasteiger partial charge in [-0.3, -0.25) is 0 Å². The molecule has 2 saturated carbocycles. The maximum absolute atomic E-state index is 6.56. The van der Waals surface area contributed by atoms with Gasteiger partial charge in [-0.1, -0.05) is 13.8 Å². The monoisotopic (exact) mass is 181 g/mol. The van der Waals surface area contributed by atoms with Crippen molar-refractivity contribution in [3.05, 3.63) is 0 Å². The summed E-state index contributed by atoms with van der Waals surface area (Å²) in [5, 5.41) is 0. The van der Waals surface area contributed by atoms with Crippen LogP contribution >= 0.6 is 0 Å². The minimum Gasteiger partial charge on any atom is -0.325 e. The highest BCUT2D eigenvalue weighted by Crippen LogP contribution is 2.63. The zero-order chi connectivity index (χ0) is 9.69. The summed E-state index contributed by atoms with van der Waals surface area (Å²) in [6.07, 6.45) is 6.79. The molecule has 0 spiro atoms. The molecule has 13 heavy (non-hydrogen) atoms. The topological polar surface area (TPSA) is 26.0 Å². The Bertz CT molecular complexity index is 203. The van der Waals surface area contributed by atoms with E-state index in [2.05, 4.69) is 20.8 Å². The van der Waals surface area contributed by atoms with Crippen molar-refractivity contribution >= 4 is 0 Å². The zero-order valence-electron chi connectivity index (χ0n) is 9.27. The highest BCUT2D eigenvalue weighted by atomic mass is 14.9. The number of nitrogens with two attached hydrogens (primary N) is 1. The maximum Gasteiger partial charge on any atom is 0.0213 e. The number of rotatable bonds is 2. The first-order valence-corrected chi connectivity index (χ1v) is 5.87. The van der Waals surface area contributed by atoms with E-state index in [-0.39, 0.29) is 5.54 Å². The summed E-state index contributed by atoms with van der Waals surface area (Å²) in [5.41, 5.74) is 7.16. The van der Waals surface area contributed by atoms with Gasteiger partial charge in [-0.25, -0.2) is 0 Å². The lowest BCUT2D eigenvalue weighted by molar-refractivity contribution is 0.0512. The van der Waals surface area contributed by atoms with Crippen molar-refractivity contribution in [2.24, 2.45) is 23.0 Å². The summed E-state index contributed by atoms with van der Waals surface area (Å²) >= 11 is 0. The molecule has 0 aromatic carbocycles. The van der Waals surface area contributed by atoms with Gasteiger partial charge in [-0.05, 0) is 56.3 Å². The Labute approximate surface area is 82.1 Å². The Morgan fingerprint density at radius 2 is 1.69 bits per heavy atom. The van der Waals surface area contributed by atoms with Crippen molar-refractivity contribution < 1.29 is 0 Å².